The van der Waals surface area contributed by atoms with Crippen LogP contribution < -0.4 is 5.46 Å². The van der Waals surface area contributed by atoms with Gasteiger partial charge in [-0.3, -0.25) is 0 Å². The molecule has 1 aromatic rings. The summed E-state index contributed by atoms with van der Waals surface area (Å²) in [6.07, 6.45) is -5.41. The molecular weight excluding hydrogens is 192 g/mol. The molecule has 1 rings (SSSR count). The van der Waals surface area contributed by atoms with Crippen molar-refractivity contribution in [2.45, 2.75) is 19.2 Å². The molecule has 0 amide bonds. The zero-order chi connectivity index (χ0) is 10.9. The summed E-state index contributed by atoms with van der Waals surface area (Å²) in [5, 5.41) is 9.15. The van der Waals surface area contributed by atoms with Gasteiger partial charge in [-0.1, -0.05) is 17.6 Å². The first-order valence-electron chi connectivity index (χ1n) is 3.97. The van der Waals surface area contributed by atoms with Crippen LogP contribution in [0, 0.1) is 0 Å². The standard InChI is InChI=1S/C9H8BF3O/c1-5(14)7-4-6(9(11,12)13)2-3-8(7)10/h2-5,14H,1H3. The van der Waals surface area contributed by atoms with Crippen LogP contribution in [0.3, 0.4) is 0 Å². The molecular formula is C9H8BF3O. The molecule has 1 atom stereocenters. The second-order valence-electron chi connectivity index (χ2n) is 3.02. The zero-order valence-electron chi connectivity index (χ0n) is 7.47. The SMILES string of the molecule is [B]c1ccc(C(F)(F)F)cc1C(C)O. The van der Waals surface area contributed by atoms with E-state index in [1.165, 1.54) is 6.92 Å². The lowest BCUT2D eigenvalue weighted by atomic mass is 9.87. The molecule has 0 spiro atoms. The number of hydrogen-bond acceptors (Lipinski definition) is 1. The Hall–Kier alpha value is -0.965. The van der Waals surface area contributed by atoms with Crippen LogP contribution >= 0.6 is 0 Å². The Morgan fingerprint density at radius 3 is 2.36 bits per heavy atom. The van der Waals surface area contributed by atoms with Gasteiger partial charge in [-0.25, -0.2) is 0 Å². The van der Waals surface area contributed by atoms with E-state index >= 15 is 0 Å². The quantitative estimate of drug-likeness (QED) is 0.681. The lowest BCUT2D eigenvalue weighted by Gasteiger charge is -2.13. The van der Waals surface area contributed by atoms with Gasteiger partial charge in [0.15, 0.2) is 0 Å². The molecule has 1 unspecified atom stereocenters. The molecule has 0 aromatic heterocycles. The molecule has 0 heterocycles. The highest BCUT2D eigenvalue weighted by atomic mass is 19.4. The lowest BCUT2D eigenvalue weighted by Crippen LogP contribution is -2.16. The topological polar surface area (TPSA) is 20.2 Å². The zero-order valence-corrected chi connectivity index (χ0v) is 7.47. The number of hydrogen-bond donors (Lipinski definition) is 1. The van der Waals surface area contributed by atoms with Crippen LogP contribution in [0.15, 0.2) is 18.2 Å². The number of halogens is 3. The highest BCUT2D eigenvalue weighted by molar-refractivity contribution is 6.33. The van der Waals surface area contributed by atoms with E-state index in [1.54, 1.807) is 0 Å². The highest BCUT2D eigenvalue weighted by Gasteiger charge is 2.30. The van der Waals surface area contributed by atoms with Gasteiger partial charge in [-0.2, -0.15) is 13.2 Å². The van der Waals surface area contributed by atoms with Crippen LogP contribution in [0.2, 0.25) is 0 Å². The van der Waals surface area contributed by atoms with Crippen LogP contribution in [0.25, 0.3) is 0 Å². The summed E-state index contributed by atoms with van der Waals surface area (Å²) < 4.78 is 36.7. The summed E-state index contributed by atoms with van der Waals surface area (Å²) in [6.45, 7) is 1.37. The maximum atomic E-state index is 12.2. The van der Waals surface area contributed by atoms with Crippen LogP contribution in [0.5, 0.6) is 0 Å². The second kappa shape index (κ2) is 3.65. The third-order valence-electron chi connectivity index (χ3n) is 1.86. The van der Waals surface area contributed by atoms with Crippen LogP contribution in [0.4, 0.5) is 13.2 Å². The van der Waals surface area contributed by atoms with Crippen molar-refractivity contribution in [2.24, 2.45) is 0 Å². The highest BCUT2D eigenvalue weighted by Crippen LogP contribution is 2.29. The number of aliphatic hydroxyl groups excluding tert-OH is 1. The van der Waals surface area contributed by atoms with E-state index in [4.69, 9.17) is 13.0 Å². The predicted octanol–water partition coefficient (Wildman–Crippen LogP) is 1.55. The number of aliphatic hydroxyl groups is 1. The van der Waals surface area contributed by atoms with Gasteiger partial charge in [0.05, 0.1) is 11.7 Å². The van der Waals surface area contributed by atoms with Gasteiger partial charge >= 0.3 is 6.18 Å². The van der Waals surface area contributed by atoms with E-state index in [-0.39, 0.29) is 11.0 Å². The van der Waals surface area contributed by atoms with Crippen molar-refractivity contribution in [1.29, 1.82) is 0 Å². The van der Waals surface area contributed by atoms with Gasteiger partial charge in [0.25, 0.3) is 0 Å². The van der Waals surface area contributed by atoms with E-state index < -0.39 is 17.8 Å². The fourth-order valence-electron chi connectivity index (χ4n) is 1.11. The summed E-state index contributed by atoms with van der Waals surface area (Å²) in [5.74, 6) is 0. The molecule has 0 aliphatic carbocycles. The Morgan fingerprint density at radius 1 is 1.36 bits per heavy atom. The van der Waals surface area contributed by atoms with Crippen molar-refractivity contribution in [3.05, 3.63) is 29.3 Å². The average molecular weight is 200 g/mol. The number of benzene rings is 1. The van der Waals surface area contributed by atoms with Gasteiger partial charge in [-0.15, -0.1) is 0 Å². The van der Waals surface area contributed by atoms with Crippen LogP contribution in [0.1, 0.15) is 24.2 Å². The fourth-order valence-corrected chi connectivity index (χ4v) is 1.11. The van der Waals surface area contributed by atoms with Crippen molar-refractivity contribution in [3.8, 4) is 0 Å². The Labute approximate surface area is 81.0 Å². The van der Waals surface area contributed by atoms with Crippen molar-refractivity contribution in [3.63, 3.8) is 0 Å². The molecule has 0 fully saturated rings. The van der Waals surface area contributed by atoms with Crippen molar-refractivity contribution in [2.75, 3.05) is 0 Å². The Kier molecular flexibility index (Phi) is 2.90. The minimum atomic E-state index is -4.41. The average Bonchev–Trinajstić information content (AvgIpc) is 2.02. The summed E-state index contributed by atoms with van der Waals surface area (Å²) in [7, 11) is 5.41. The Balaban J connectivity index is 3.20. The Bertz CT molecular complexity index is 333. The third kappa shape index (κ3) is 2.29. The smallest absolute Gasteiger partial charge is 0.389 e. The molecule has 5 heteroatoms. The predicted molar refractivity (Wildman–Crippen MR) is 47.5 cm³/mol. The van der Waals surface area contributed by atoms with Crippen molar-refractivity contribution >= 4 is 13.3 Å². The van der Waals surface area contributed by atoms with Gasteiger partial charge in [-0.05, 0) is 18.6 Å². The third-order valence-corrected chi connectivity index (χ3v) is 1.86. The van der Waals surface area contributed by atoms with E-state index in [9.17, 15) is 13.2 Å². The molecule has 0 saturated heterocycles. The first-order valence-corrected chi connectivity index (χ1v) is 3.97. The fraction of sp³-hybridized carbons (Fsp3) is 0.333. The van der Waals surface area contributed by atoms with Gasteiger partial charge in [0.2, 0.25) is 0 Å². The van der Waals surface area contributed by atoms with Crippen LogP contribution in [-0.2, 0) is 6.18 Å². The van der Waals surface area contributed by atoms with E-state index in [0.29, 0.717) is 0 Å². The molecule has 1 nitrogen and oxygen atoms in total. The maximum Gasteiger partial charge on any atom is 0.416 e. The first kappa shape index (κ1) is 11.1. The molecule has 74 valence electrons. The molecule has 0 aliphatic rings. The number of alkyl halides is 3. The summed E-state index contributed by atoms with van der Waals surface area (Å²) in [5.41, 5.74) is -0.546. The van der Waals surface area contributed by atoms with Gasteiger partial charge < -0.3 is 5.11 Å². The van der Waals surface area contributed by atoms with Gasteiger partial charge in [0, 0.05) is 0 Å². The second-order valence-corrected chi connectivity index (χ2v) is 3.02. The molecule has 1 aromatic carbocycles. The molecule has 0 aliphatic heterocycles. The summed E-state index contributed by atoms with van der Waals surface area (Å²) in [6, 6.07) is 2.89. The first-order chi connectivity index (χ1) is 6.32. The monoisotopic (exact) mass is 200 g/mol. The minimum absolute atomic E-state index is 0.0971. The van der Waals surface area contributed by atoms with E-state index in [1.807, 2.05) is 0 Å². The van der Waals surface area contributed by atoms with Crippen LogP contribution in [-0.4, -0.2) is 13.0 Å². The molecule has 0 bridgehead atoms. The van der Waals surface area contributed by atoms with Gasteiger partial charge in [0.1, 0.15) is 7.85 Å². The molecule has 14 heavy (non-hydrogen) atoms. The molecule has 1 N–H and O–H groups in total. The normalized spacial score (nSPS) is 14.1. The summed E-state index contributed by atoms with van der Waals surface area (Å²) >= 11 is 0. The maximum absolute atomic E-state index is 12.2. The van der Waals surface area contributed by atoms with E-state index in [2.05, 4.69) is 0 Å². The van der Waals surface area contributed by atoms with Crippen molar-refractivity contribution < 1.29 is 18.3 Å². The largest absolute Gasteiger partial charge is 0.416 e. The van der Waals surface area contributed by atoms with E-state index in [0.717, 1.165) is 18.2 Å². The van der Waals surface area contributed by atoms with Crippen molar-refractivity contribution in [1.82, 2.24) is 0 Å². The molecule has 2 radical (unpaired) electrons. The number of rotatable bonds is 1. The lowest BCUT2D eigenvalue weighted by molar-refractivity contribution is -0.137. The Morgan fingerprint density at radius 2 is 1.93 bits per heavy atom. The summed E-state index contributed by atoms with van der Waals surface area (Å²) in [4.78, 5) is 0. The minimum Gasteiger partial charge on any atom is -0.389 e. The molecule has 0 saturated carbocycles.